The van der Waals surface area contributed by atoms with E-state index in [1.54, 1.807) is 0 Å². The Balaban J connectivity index is 1.48. The van der Waals surface area contributed by atoms with Gasteiger partial charge in [-0.05, 0) is 51.2 Å². The summed E-state index contributed by atoms with van der Waals surface area (Å²) < 4.78 is 7.79. The van der Waals surface area contributed by atoms with Crippen molar-refractivity contribution < 1.29 is 4.74 Å². The minimum absolute atomic E-state index is 0.270. The fourth-order valence-corrected chi connectivity index (χ4v) is 3.07. The van der Waals surface area contributed by atoms with Gasteiger partial charge in [0.2, 0.25) is 0 Å². The molecule has 0 radical (unpaired) electrons. The van der Waals surface area contributed by atoms with Gasteiger partial charge in [0.1, 0.15) is 5.69 Å². The largest absolute Gasteiger partial charge is 0.376 e. The van der Waals surface area contributed by atoms with Gasteiger partial charge in [-0.25, -0.2) is 4.68 Å². The van der Waals surface area contributed by atoms with Crippen molar-refractivity contribution in [3.63, 3.8) is 0 Å². The molecule has 4 rings (SSSR count). The second-order valence-electron chi connectivity index (χ2n) is 6.82. The molecule has 124 valence electrons. The zero-order chi connectivity index (χ0) is 16.4. The second kappa shape index (κ2) is 6.78. The molecule has 0 N–H and O–H groups in total. The molecule has 1 saturated carbocycles. The lowest BCUT2D eigenvalue weighted by Crippen LogP contribution is -2.25. The third-order valence-electron chi connectivity index (χ3n) is 4.79. The van der Waals surface area contributed by atoms with Gasteiger partial charge in [0.05, 0.1) is 18.3 Å². The Labute approximate surface area is 143 Å². The SMILES string of the molecule is Cc1c(-c2ccc(C#CC3CC3)cc2)nnn1C[C@H]1CCCCO1. The van der Waals surface area contributed by atoms with Crippen LogP contribution >= 0.6 is 0 Å². The third kappa shape index (κ3) is 3.52. The summed E-state index contributed by atoms with van der Waals surface area (Å²) in [6.45, 7) is 3.75. The van der Waals surface area contributed by atoms with Crippen LogP contribution < -0.4 is 0 Å². The van der Waals surface area contributed by atoms with Gasteiger partial charge in [-0.1, -0.05) is 29.2 Å². The van der Waals surface area contributed by atoms with Crippen molar-refractivity contribution in [3.8, 4) is 23.1 Å². The van der Waals surface area contributed by atoms with Crippen molar-refractivity contribution >= 4 is 0 Å². The molecular formula is C20H23N3O. The number of rotatable bonds is 3. The highest BCUT2D eigenvalue weighted by Gasteiger charge is 2.19. The van der Waals surface area contributed by atoms with Crippen molar-refractivity contribution in [1.82, 2.24) is 15.0 Å². The van der Waals surface area contributed by atoms with E-state index >= 15 is 0 Å². The molecule has 4 heteroatoms. The Morgan fingerprint density at radius 3 is 2.71 bits per heavy atom. The molecular weight excluding hydrogens is 298 g/mol. The van der Waals surface area contributed by atoms with Gasteiger partial charge in [-0.3, -0.25) is 0 Å². The quantitative estimate of drug-likeness (QED) is 0.811. The summed E-state index contributed by atoms with van der Waals surface area (Å²) in [5.74, 6) is 7.18. The summed E-state index contributed by atoms with van der Waals surface area (Å²) in [6, 6.07) is 8.34. The van der Waals surface area contributed by atoms with Crippen LogP contribution in [0.15, 0.2) is 24.3 Å². The molecule has 2 fully saturated rings. The number of aromatic nitrogens is 3. The maximum atomic E-state index is 5.81. The van der Waals surface area contributed by atoms with Crippen LogP contribution in [0, 0.1) is 24.7 Å². The summed E-state index contributed by atoms with van der Waals surface area (Å²) >= 11 is 0. The normalized spacial score (nSPS) is 20.5. The van der Waals surface area contributed by atoms with E-state index in [1.165, 1.54) is 25.7 Å². The Bertz CT molecular complexity index is 756. The minimum Gasteiger partial charge on any atom is -0.376 e. The second-order valence-corrected chi connectivity index (χ2v) is 6.82. The van der Waals surface area contributed by atoms with E-state index in [2.05, 4.69) is 53.3 Å². The topological polar surface area (TPSA) is 39.9 Å². The minimum atomic E-state index is 0.270. The van der Waals surface area contributed by atoms with E-state index in [1.807, 2.05) is 4.68 Å². The molecule has 2 aliphatic rings. The predicted molar refractivity (Wildman–Crippen MR) is 93.4 cm³/mol. The van der Waals surface area contributed by atoms with Crippen LogP contribution in [0.4, 0.5) is 0 Å². The highest BCUT2D eigenvalue weighted by atomic mass is 16.5. The number of hydrogen-bond acceptors (Lipinski definition) is 3. The molecule has 1 aliphatic heterocycles. The molecule has 1 aliphatic carbocycles. The summed E-state index contributed by atoms with van der Waals surface area (Å²) in [5, 5.41) is 8.72. The number of benzene rings is 1. The summed E-state index contributed by atoms with van der Waals surface area (Å²) in [5.41, 5.74) is 4.22. The molecule has 2 heterocycles. The summed E-state index contributed by atoms with van der Waals surface area (Å²) in [6.07, 6.45) is 6.33. The number of nitrogens with zero attached hydrogens (tertiary/aromatic N) is 3. The van der Waals surface area contributed by atoms with Crippen LogP contribution in [0.1, 0.15) is 43.4 Å². The summed E-state index contributed by atoms with van der Waals surface area (Å²) in [7, 11) is 0. The zero-order valence-corrected chi connectivity index (χ0v) is 14.2. The van der Waals surface area contributed by atoms with E-state index in [0.717, 1.165) is 42.1 Å². The molecule has 0 amide bonds. The molecule has 0 unspecified atom stereocenters. The van der Waals surface area contributed by atoms with Gasteiger partial charge >= 0.3 is 0 Å². The van der Waals surface area contributed by atoms with E-state index in [-0.39, 0.29) is 6.10 Å². The summed E-state index contributed by atoms with van der Waals surface area (Å²) in [4.78, 5) is 0. The Morgan fingerprint density at radius 2 is 2.00 bits per heavy atom. The Kier molecular flexibility index (Phi) is 4.36. The molecule has 0 bridgehead atoms. The average molecular weight is 321 g/mol. The van der Waals surface area contributed by atoms with E-state index < -0.39 is 0 Å². The van der Waals surface area contributed by atoms with E-state index in [0.29, 0.717) is 5.92 Å². The molecule has 2 aromatic rings. The molecule has 24 heavy (non-hydrogen) atoms. The smallest absolute Gasteiger partial charge is 0.115 e. The Hall–Kier alpha value is -2.12. The van der Waals surface area contributed by atoms with Crippen LogP contribution in [0.2, 0.25) is 0 Å². The number of hydrogen-bond donors (Lipinski definition) is 0. The maximum absolute atomic E-state index is 5.81. The van der Waals surface area contributed by atoms with Crippen LogP contribution in [-0.4, -0.2) is 27.7 Å². The van der Waals surface area contributed by atoms with Crippen LogP contribution in [0.5, 0.6) is 0 Å². The van der Waals surface area contributed by atoms with Crippen molar-refractivity contribution in [2.45, 2.75) is 51.7 Å². The van der Waals surface area contributed by atoms with E-state index in [4.69, 9.17) is 4.74 Å². The van der Waals surface area contributed by atoms with Crippen LogP contribution in [0.3, 0.4) is 0 Å². The van der Waals surface area contributed by atoms with Crippen molar-refractivity contribution in [1.29, 1.82) is 0 Å². The highest BCUT2D eigenvalue weighted by molar-refractivity contribution is 5.62. The van der Waals surface area contributed by atoms with Gasteiger partial charge in [0.25, 0.3) is 0 Å². The van der Waals surface area contributed by atoms with Gasteiger partial charge < -0.3 is 4.74 Å². The molecule has 0 spiro atoms. The van der Waals surface area contributed by atoms with Crippen LogP contribution in [-0.2, 0) is 11.3 Å². The van der Waals surface area contributed by atoms with Gasteiger partial charge in [-0.2, -0.15) is 0 Å². The molecule has 1 aromatic heterocycles. The molecule has 4 nitrogen and oxygen atoms in total. The molecule has 1 aromatic carbocycles. The van der Waals surface area contributed by atoms with Gasteiger partial charge in [0, 0.05) is 23.7 Å². The van der Waals surface area contributed by atoms with Gasteiger partial charge in [-0.15, -0.1) is 5.10 Å². The number of ether oxygens (including phenoxy) is 1. The maximum Gasteiger partial charge on any atom is 0.115 e. The van der Waals surface area contributed by atoms with Crippen molar-refractivity contribution in [2.75, 3.05) is 6.61 Å². The zero-order valence-electron chi connectivity index (χ0n) is 14.2. The van der Waals surface area contributed by atoms with Crippen molar-refractivity contribution in [2.24, 2.45) is 5.92 Å². The lowest BCUT2D eigenvalue weighted by molar-refractivity contribution is 0.00337. The Morgan fingerprint density at radius 1 is 1.17 bits per heavy atom. The highest BCUT2D eigenvalue weighted by Crippen LogP contribution is 2.28. The van der Waals surface area contributed by atoms with E-state index in [9.17, 15) is 0 Å². The van der Waals surface area contributed by atoms with Crippen LogP contribution in [0.25, 0.3) is 11.3 Å². The predicted octanol–water partition coefficient (Wildman–Crippen LogP) is 3.58. The monoisotopic (exact) mass is 321 g/mol. The first kappa shape index (κ1) is 15.4. The van der Waals surface area contributed by atoms with Gasteiger partial charge in [0.15, 0.2) is 0 Å². The fourth-order valence-electron chi connectivity index (χ4n) is 3.07. The first-order chi connectivity index (χ1) is 11.8. The fraction of sp³-hybridized carbons (Fsp3) is 0.500. The lowest BCUT2D eigenvalue weighted by atomic mass is 10.1. The molecule has 1 saturated heterocycles. The first-order valence-corrected chi connectivity index (χ1v) is 8.93. The standard InChI is InChI=1S/C20H23N3O/c1-15-20(21-22-23(15)14-19-4-2-3-13-24-19)18-11-9-17(10-12-18)8-7-16-5-6-16/h9-12,16,19H,2-6,13-14H2,1H3/t19-/m1/s1. The van der Waals surface area contributed by atoms with Crippen molar-refractivity contribution in [3.05, 3.63) is 35.5 Å². The first-order valence-electron chi connectivity index (χ1n) is 8.93. The molecule has 1 atom stereocenters. The third-order valence-corrected chi connectivity index (χ3v) is 4.79. The lowest BCUT2D eigenvalue weighted by Gasteiger charge is -2.22. The average Bonchev–Trinajstić information content (AvgIpc) is 3.39.